The Kier molecular flexibility index (Phi) is 4.62. The smallest absolute Gasteiger partial charge is 0.317 e. The van der Waals surface area contributed by atoms with Gasteiger partial charge in [-0.2, -0.15) is 0 Å². The second-order valence-electron chi connectivity index (χ2n) is 4.73. The van der Waals surface area contributed by atoms with Crippen LogP contribution in [0.25, 0.3) is 0 Å². The molecule has 1 aliphatic rings. The molecule has 0 aromatic carbocycles. The fraction of sp³-hybridized carbons (Fsp3) is 0.538. The quantitative estimate of drug-likeness (QED) is 0.848. The molecule has 3 N–H and O–H groups in total. The number of nitrogens with one attached hydrogen (secondary N) is 1. The molecule has 2 heterocycles. The van der Waals surface area contributed by atoms with Crippen molar-refractivity contribution in [1.82, 2.24) is 10.2 Å². The summed E-state index contributed by atoms with van der Waals surface area (Å²) in [6.07, 6.45) is 2.00. The number of rotatable bonds is 4. The molecule has 1 saturated heterocycles. The molecule has 1 aliphatic heterocycles. The lowest BCUT2D eigenvalue weighted by molar-refractivity contribution is 0.0433. The van der Waals surface area contributed by atoms with Crippen LogP contribution in [-0.2, 0) is 11.3 Å². The minimum absolute atomic E-state index is 0.0895. The van der Waals surface area contributed by atoms with Gasteiger partial charge in [0, 0.05) is 20.2 Å². The SMILES string of the molecule is COC1CCCN(C(=O)NCc2ccc(C(N)=O)o2)C1. The van der Waals surface area contributed by atoms with Crippen LogP contribution in [-0.4, -0.2) is 43.1 Å². The Balaban J connectivity index is 1.83. The Morgan fingerprint density at radius 1 is 1.55 bits per heavy atom. The highest BCUT2D eigenvalue weighted by molar-refractivity contribution is 5.89. The monoisotopic (exact) mass is 281 g/mol. The van der Waals surface area contributed by atoms with Gasteiger partial charge < -0.3 is 25.1 Å². The van der Waals surface area contributed by atoms with Gasteiger partial charge in [-0.3, -0.25) is 4.79 Å². The molecule has 1 unspecified atom stereocenters. The average molecular weight is 281 g/mol. The lowest BCUT2D eigenvalue weighted by atomic mass is 10.1. The predicted molar refractivity (Wildman–Crippen MR) is 71.1 cm³/mol. The van der Waals surface area contributed by atoms with Crippen LogP contribution in [0.5, 0.6) is 0 Å². The molecule has 2 rings (SSSR count). The number of furan rings is 1. The second-order valence-corrected chi connectivity index (χ2v) is 4.73. The van der Waals surface area contributed by atoms with Crippen LogP contribution >= 0.6 is 0 Å². The number of likely N-dealkylation sites (tertiary alicyclic amines) is 1. The number of hydrogen-bond donors (Lipinski definition) is 2. The van der Waals surface area contributed by atoms with E-state index in [1.54, 1.807) is 18.1 Å². The Hall–Kier alpha value is -2.02. The first-order chi connectivity index (χ1) is 9.60. The zero-order valence-electron chi connectivity index (χ0n) is 11.4. The van der Waals surface area contributed by atoms with Crippen LogP contribution in [0.15, 0.2) is 16.5 Å². The van der Waals surface area contributed by atoms with Crippen molar-refractivity contribution >= 4 is 11.9 Å². The van der Waals surface area contributed by atoms with Crippen molar-refractivity contribution in [3.63, 3.8) is 0 Å². The van der Waals surface area contributed by atoms with E-state index in [2.05, 4.69) is 5.32 Å². The van der Waals surface area contributed by atoms with E-state index in [0.29, 0.717) is 12.3 Å². The molecule has 0 radical (unpaired) electrons. The number of hydrogen-bond acceptors (Lipinski definition) is 4. The van der Waals surface area contributed by atoms with Gasteiger partial charge in [0.25, 0.3) is 5.91 Å². The van der Waals surface area contributed by atoms with Crippen LogP contribution in [0.3, 0.4) is 0 Å². The molecule has 1 aromatic rings. The molecule has 3 amide bonds. The summed E-state index contributed by atoms with van der Waals surface area (Å²) in [5.41, 5.74) is 5.09. The first-order valence-electron chi connectivity index (χ1n) is 6.54. The third-order valence-corrected chi connectivity index (χ3v) is 3.32. The fourth-order valence-electron chi connectivity index (χ4n) is 2.19. The van der Waals surface area contributed by atoms with Gasteiger partial charge in [-0.15, -0.1) is 0 Å². The molecule has 7 heteroatoms. The molecule has 0 spiro atoms. The number of urea groups is 1. The van der Waals surface area contributed by atoms with Gasteiger partial charge in [0.2, 0.25) is 0 Å². The van der Waals surface area contributed by atoms with Gasteiger partial charge in [-0.1, -0.05) is 0 Å². The Morgan fingerprint density at radius 2 is 2.35 bits per heavy atom. The van der Waals surface area contributed by atoms with Gasteiger partial charge >= 0.3 is 6.03 Å². The number of carbonyl (C=O) groups excluding carboxylic acids is 2. The zero-order chi connectivity index (χ0) is 14.5. The topological polar surface area (TPSA) is 97.8 Å². The maximum atomic E-state index is 12.0. The average Bonchev–Trinajstić information content (AvgIpc) is 2.94. The van der Waals surface area contributed by atoms with E-state index >= 15 is 0 Å². The van der Waals surface area contributed by atoms with E-state index in [4.69, 9.17) is 14.9 Å². The van der Waals surface area contributed by atoms with Crippen molar-refractivity contribution in [2.24, 2.45) is 5.73 Å². The van der Waals surface area contributed by atoms with Gasteiger partial charge in [0.1, 0.15) is 5.76 Å². The number of piperidine rings is 1. The number of amides is 3. The normalized spacial score (nSPS) is 18.9. The predicted octanol–water partition coefficient (Wildman–Crippen LogP) is 0.699. The van der Waals surface area contributed by atoms with Crippen LogP contribution < -0.4 is 11.1 Å². The number of primary amides is 1. The van der Waals surface area contributed by atoms with Crippen molar-refractivity contribution in [3.8, 4) is 0 Å². The Labute approximate surface area is 117 Å². The number of ether oxygens (including phenoxy) is 1. The molecule has 0 aliphatic carbocycles. The number of carbonyl (C=O) groups is 2. The van der Waals surface area contributed by atoms with E-state index in [9.17, 15) is 9.59 Å². The molecule has 1 atom stereocenters. The van der Waals surface area contributed by atoms with E-state index in [-0.39, 0.29) is 24.4 Å². The maximum absolute atomic E-state index is 12.0. The molecule has 0 bridgehead atoms. The molecular weight excluding hydrogens is 262 g/mol. The van der Waals surface area contributed by atoms with Crippen LogP contribution in [0.1, 0.15) is 29.2 Å². The summed E-state index contributed by atoms with van der Waals surface area (Å²) < 4.78 is 10.5. The largest absolute Gasteiger partial charge is 0.454 e. The first-order valence-corrected chi connectivity index (χ1v) is 6.54. The third-order valence-electron chi connectivity index (χ3n) is 3.32. The summed E-state index contributed by atoms with van der Waals surface area (Å²) in [6.45, 7) is 1.53. The first kappa shape index (κ1) is 14.4. The van der Waals surface area contributed by atoms with E-state index in [1.165, 1.54) is 6.07 Å². The van der Waals surface area contributed by atoms with Crippen molar-refractivity contribution in [1.29, 1.82) is 0 Å². The van der Waals surface area contributed by atoms with Crippen molar-refractivity contribution in [3.05, 3.63) is 23.7 Å². The summed E-state index contributed by atoms with van der Waals surface area (Å²) in [6, 6.07) is 2.95. The standard InChI is InChI=1S/C13H19N3O4/c1-19-10-3-2-6-16(8-10)13(18)15-7-9-4-5-11(20-9)12(14)17/h4-5,10H,2-3,6-8H2,1H3,(H2,14,17)(H,15,18). The number of methoxy groups -OCH3 is 1. The van der Waals surface area contributed by atoms with Crippen LogP contribution in [0.4, 0.5) is 4.79 Å². The van der Waals surface area contributed by atoms with E-state index < -0.39 is 5.91 Å². The minimum atomic E-state index is -0.624. The molecule has 110 valence electrons. The van der Waals surface area contributed by atoms with Gasteiger partial charge in [0.05, 0.1) is 12.6 Å². The molecular formula is C13H19N3O4. The van der Waals surface area contributed by atoms with Gasteiger partial charge in [0.15, 0.2) is 5.76 Å². The summed E-state index contributed by atoms with van der Waals surface area (Å²) in [5.74, 6) is -0.0411. The lowest BCUT2D eigenvalue weighted by Crippen LogP contribution is -2.47. The Morgan fingerprint density at radius 3 is 3.00 bits per heavy atom. The second kappa shape index (κ2) is 6.42. The van der Waals surface area contributed by atoms with Crippen LogP contribution in [0, 0.1) is 0 Å². The highest BCUT2D eigenvalue weighted by atomic mass is 16.5. The minimum Gasteiger partial charge on any atom is -0.454 e. The molecule has 7 nitrogen and oxygen atoms in total. The third kappa shape index (κ3) is 3.51. The van der Waals surface area contributed by atoms with E-state index in [1.807, 2.05) is 0 Å². The van der Waals surface area contributed by atoms with Crippen LogP contribution in [0.2, 0.25) is 0 Å². The summed E-state index contributed by atoms with van der Waals surface area (Å²) in [4.78, 5) is 24.6. The summed E-state index contributed by atoms with van der Waals surface area (Å²) in [7, 11) is 1.65. The molecule has 0 saturated carbocycles. The summed E-state index contributed by atoms with van der Waals surface area (Å²) in [5, 5.41) is 2.75. The molecule has 20 heavy (non-hydrogen) atoms. The highest BCUT2D eigenvalue weighted by Crippen LogP contribution is 2.13. The number of nitrogens with two attached hydrogens (primary N) is 1. The van der Waals surface area contributed by atoms with E-state index in [0.717, 1.165) is 19.4 Å². The van der Waals surface area contributed by atoms with Crippen molar-refractivity contribution in [2.75, 3.05) is 20.2 Å². The Bertz CT molecular complexity index is 486. The van der Waals surface area contributed by atoms with Crippen molar-refractivity contribution in [2.45, 2.75) is 25.5 Å². The molecule has 1 fully saturated rings. The lowest BCUT2D eigenvalue weighted by Gasteiger charge is -2.31. The van der Waals surface area contributed by atoms with Gasteiger partial charge in [-0.05, 0) is 25.0 Å². The highest BCUT2D eigenvalue weighted by Gasteiger charge is 2.23. The summed E-state index contributed by atoms with van der Waals surface area (Å²) >= 11 is 0. The maximum Gasteiger partial charge on any atom is 0.317 e. The van der Waals surface area contributed by atoms with Crippen molar-refractivity contribution < 1.29 is 18.7 Å². The fourth-order valence-corrected chi connectivity index (χ4v) is 2.19. The zero-order valence-corrected chi connectivity index (χ0v) is 11.4. The van der Waals surface area contributed by atoms with Gasteiger partial charge in [-0.25, -0.2) is 4.79 Å². The number of nitrogens with zero attached hydrogens (tertiary/aromatic N) is 1. The molecule has 1 aromatic heterocycles.